The van der Waals surface area contributed by atoms with E-state index < -0.39 is 10.8 Å². The van der Waals surface area contributed by atoms with E-state index >= 15 is 0 Å². The van der Waals surface area contributed by atoms with Gasteiger partial charge >= 0.3 is 0 Å². The van der Waals surface area contributed by atoms with Crippen LogP contribution in [0.2, 0.25) is 0 Å². The summed E-state index contributed by atoms with van der Waals surface area (Å²) in [6.45, 7) is 1.85. The SMILES string of the molecule is Cn1cc(-c2cc3c(cc2F)CN=C3c2cc(N3CCS(=O)CC3)ncn2)cn1. The Morgan fingerprint density at radius 2 is 1.93 bits per heavy atom. The van der Waals surface area contributed by atoms with Crippen molar-refractivity contribution in [2.75, 3.05) is 29.5 Å². The van der Waals surface area contributed by atoms with Gasteiger partial charge in [0.05, 0.1) is 24.1 Å². The molecule has 29 heavy (non-hydrogen) atoms. The van der Waals surface area contributed by atoms with E-state index in [4.69, 9.17) is 0 Å². The number of anilines is 1. The maximum atomic E-state index is 14.7. The van der Waals surface area contributed by atoms with Crippen molar-refractivity contribution in [3.63, 3.8) is 0 Å². The van der Waals surface area contributed by atoms with E-state index in [1.807, 2.05) is 12.1 Å². The highest BCUT2D eigenvalue weighted by atomic mass is 32.2. The van der Waals surface area contributed by atoms with Crippen molar-refractivity contribution >= 4 is 22.3 Å². The first-order valence-corrected chi connectivity index (χ1v) is 10.9. The minimum atomic E-state index is -0.744. The summed E-state index contributed by atoms with van der Waals surface area (Å²) in [4.78, 5) is 15.6. The summed E-state index contributed by atoms with van der Waals surface area (Å²) >= 11 is 0. The second kappa shape index (κ2) is 7.14. The van der Waals surface area contributed by atoms with Gasteiger partial charge in [0.2, 0.25) is 0 Å². The van der Waals surface area contributed by atoms with Crippen molar-refractivity contribution in [1.82, 2.24) is 19.7 Å². The van der Waals surface area contributed by atoms with Crippen LogP contribution in [-0.4, -0.2) is 54.3 Å². The third-order valence-corrected chi connectivity index (χ3v) is 6.54. The minimum Gasteiger partial charge on any atom is -0.355 e. The van der Waals surface area contributed by atoms with Gasteiger partial charge in [-0.2, -0.15) is 5.10 Å². The van der Waals surface area contributed by atoms with E-state index in [-0.39, 0.29) is 5.82 Å². The predicted octanol–water partition coefficient (Wildman–Crippen LogP) is 1.94. The molecule has 1 saturated heterocycles. The molecular weight excluding hydrogens is 391 g/mol. The van der Waals surface area contributed by atoms with Gasteiger partial charge in [-0.1, -0.05) is 0 Å². The van der Waals surface area contributed by atoms with Crippen molar-refractivity contribution in [3.8, 4) is 11.1 Å². The molecule has 0 atom stereocenters. The van der Waals surface area contributed by atoms with Crippen LogP contribution in [0.25, 0.3) is 11.1 Å². The summed E-state index contributed by atoms with van der Waals surface area (Å²) in [5.41, 5.74) is 4.41. The minimum absolute atomic E-state index is 0.280. The molecule has 2 aliphatic rings. The van der Waals surface area contributed by atoms with Crippen LogP contribution < -0.4 is 4.90 Å². The Kier molecular flexibility index (Phi) is 4.46. The monoisotopic (exact) mass is 410 g/mol. The van der Waals surface area contributed by atoms with Crippen molar-refractivity contribution in [3.05, 3.63) is 59.6 Å². The highest BCUT2D eigenvalue weighted by Crippen LogP contribution is 2.31. The number of aromatic nitrogens is 4. The molecule has 1 fully saturated rings. The molecule has 1 aromatic carbocycles. The zero-order valence-electron chi connectivity index (χ0n) is 15.9. The highest BCUT2D eigenvalue weighted by molar-refractivity contribution is 7.85. The van der Waals surface area contributed by atoms with Crippen molar-refractivity contribution in [1.29, 1.82) is 0 Å². The number of hydrogen-bond donors (Lipinski definition) is 0. The van der Waals surface area contributed by atoms with Gasteiger partial charge in [0.25, 0.3) is 0 Å². The van der Waals surface area contributed by atoms with Crippen molar-refractivity contribution in [2.45, 2.75) is 6.54 Å². The smallest absolute Gasteiger partial charge is 0.132 e. The van der Waals surface area contributed by atoms with Crippen LogP contribution in [0.5, 0.6) is 0 Å². The summed E-state index contributed by atoms with van der Waals surface area (Å²) in [6.07, 6.45) is 4.97. The van der Waals surface area contributed by atoms with Gasteiger partial charge in [-0.05, 0) is 17.7 Å². The zero-order valence-corrected chi connectivity index (χ0v) is 16.7. The number of hydrogen-bond acceptors (Lipinski definition) is 6. The van der Waals surface area contributed by atoms with E-state index in [1.165, 1.54) is 6.33 Å². The highest BCUT2D eigenvalue weighted by Gasteiger charge is 2.24. The fraction of sp³-hybridized carbons (Fsp3) is 0.300. The molecule has 0 N–H and O–H groups in total. The molecule has 5 rings (SSSR count). The molecule has 0 radical (unpaired) electrons. The van der Waals surface area contributed by atoms with Gasteiger partial charge in [-0.25, -0.2) is 14.4 Å². The van der Waals surface area contributed by atoms with Gasteiger partial charge in [0, 0.05) is 71.4 Å². The standard InChI is InChI=1S/C20H19FN6OS/c1-26-11-14(10-25-26)15-7-16-13(6-17(15)21)9-22-20(16)18-8-19(24-12-23-18)27-2-4-29(28)5-3-27/h6-8,10-12H,2-5,9H2,1H3. The Bertz CT molecular complexity index is 1150. The van der Waals surface area contributed by atoms with Crippen LogP contribution in [0.3, 0.4) is 0 Å². The Morgan fingerprint density at radius 3 is 2.69 bits per heavy atom. The van der Waals surface area contributed by atoms with Gasteiger partial charge in [-0.15, -0.1) is 0 Å². The topological polar surface area (TPSA) is 76.3 Å². The number of nitrogens with zero attached hydrogens (tertiary/aromatic N) is 6. The number of aryl methyl sites for hydroxylation is 1. The fourth-order valence-electron chi connectivity index (χ4n) is 3.73. The summed E-state index contributed by atoms with van der Waals surface area (Å²) in [5.74, 6) is 1.82. The first-order valence-electron chi connectivity index (χ1n) is 9.37. The predicted molar refractivity (Wildman–Crippen MR) is 110 cm³/mol. The maximum Gasteiger partial charge on any atom is 0.132 e. The summed E-state index contributed by atoms with van der Waals surface area (Å²) in [6, 6.07) is 5.30. The first kappa shape index (κ1) is 18.1. The normalized spacial score (nSPS) is 16.8. The van der Waals surface area contributed by atoms with E-state index in [0.29, 0.717) is 42.4 Å². The molecule has 4 heterocycles. The Labute approximate surface area is 169 Å². The molecule has 2 aromatic heterocycles. The molecule has 0 spiro atoms. The maximum absolute atomic E-state index is 14.7. The molecular formula is C20H19FN6OS. The Hall–Kier alpha value is -2.94. The van der Waals surface area contributed by atoms with Crippen LogP contribution >= 0.6 is 0 Å². The average Bonchev–Trinajstić information content (AvgIpc) is 3.34. The van der Waals surface area contributed by atoms with Crippen LogP contribution in [-0.2, 0) is 24.4 Å². The molecule has 3 aromatic rings. The van der Waals surface area contributed by atoms with E-state index in [0.717, 1.165) is 28.2 Å². The van der Waals surface area contributed by atoms with E-state index in [1.54, 1.807) is 30.2 Å². The quantitative estimate of drug-likeness (QED) is 0.660. The molecule has 7 nitrogen and oxygen atoms in total. The number of rotatable bonds is 3. The van der Waals surface area contributed by atoms with Crippen molar-refractivity contribution < 1.29 is 8.60 Å². The molecule has 0 saturated carbocycles. The Morgan fingerprint density at radius 1 is 1.10 bits per heavy atom. The van der Waals surface area contributed by atoms with Gasteiger partial charge < -0.3 is 4.90 Å². The van der Waals surface area contributed by atoms with E-state index in [9.17, 15) is 8.60 Å². The molecule has 9 heteroatoms. The van der Waals surface area contributed by atoms with Gasteiger partial charge in [0.15, 0.2) is 0 Å². The molecule has 0 unspecified atom stereocenters. The third-order valence-electron chi connectivity index (χ3n) is 5.27. The van der Waals surface area contributed by atoms with Gasteiger partial charge in [-0.3, -0.25) is 13.9 Å². The largest absolute Gasteiger partial charge is 0.355 e. The lowest BCUT2D eigenvalue weighted by Crippen LogP contribution is -2.38. The van der Waals surface area contributed by atoms with Crippen LogP contribution in [0.1, 0.15) is 16.8 Å². The summed E-state index contributed by atoms with van der Waals surface area (Å²) in [5, 5.41) is 4.15. The molecule has 148 valence electrons. The number of fused-ring (bicyclic) bond motifs is 1. The molecule has 0 bridgehead atoms. The lowest BCUT2D eigenvalue weighted by molar-refractivity contribution is 0.629. The lowest BCUT2D eigenvalue weighted by atomic mass is 9.97. The second-order valence-electron chi connectivity index (χ2n) is 7.15. The van der Waals surface area contributed by atoms with Crippen LogP contribution in [0.4, 0.5) is 10.2 Å². The lowest BCUT2D eigenvalue weighted by Gasteiger charge is -2.27. The number of halogens is 1. The molecule has 2 aliphatic heterocycles. The van der Waals surface area contributed by atoms with E-state index in [2.05, 4.69) is 25.0 Å². The fourth-order valence-corrected chi connectivity index (χ4v) is 4.78. The number of benzene rings is 1. The van der Waals surface area contributed by atoms with Crippen molar-refractivity contribution in [2.24, 2.45) is 12.0 Å². The summed E-state index contributed by atoms with van der Waals surface area (Å²) in [7, 11) is 1.06. The van der Waals surface area contributed by atoms with Crippen LogP contribution in [0, 0.1) is 5.82 Å². The number of aliphatic imine (C=N–C) groups is 1. The zero-order chi connectivity index (χ0) is 20.0. The average molecular weight is 410 g/mol. The molecule has 0 aliphatic carbocycles. The Balaban J connectivity index is 1.50. The van der Waals surface area contributed by atoms with Crippen LogP contribution in [0.15, 0.2) is 41.9 Å². The molecule has 0 amide bonds. The third kappa shape index (κ3) is 3.35. The van der Waals surface area contributed by atoms with Gasteiger partial charge in [0.1, 0.15) is 18.0 Å². The first-order chi connectivity index (χ1) is 14.1. The summed E-state index contributed by atoms with van der Waals surface area (Å²) < 4.78 is 27.9. The second-order valence-corrected chi connectivity index (χ2v) is 8.85.